The lowest BCUT2D eigenvalue weighted by atomic mass is 9.97. The van der Waals surface area contributed by atoms with Crippen molar-refractivity contribution < 1.29 is 9.53 Å². The van der Waals surface area contributed by atoms with Crippen LogP contribution in [0.15, 0.2) is 24.3 Å². The molecule has 0 spiro atoms. The summed E-state index contributed by atoms with van der Waals surface area (Å²) in [4.78, 5) is 18.0. The summed E-state index contributed by atoms with van der Waals surface area (Å²) in [5.41, 5.74) is 0.728. The maximum atomic E-state index is 13.3. The monoisotopic (exact) mass is 358 g/mol. The van der Waals surface area contributed by atoms with Crippen molar-refractivity contribution in [2.24, 2.45) is 0 Å². The zero-order valence-corrected chi connectivity index (χ0v) is 16.3. The van der Waals surface area contributed by atoms with Crippen molar-refractivity contribution in [2.45, 2.75) is 64.3 Å². The van der Waals surface area contributed by atoms with Gasteiger partial charge in [0.2, 0.25) is 0 Å². The maximum Gasteiger partial charge on any atom is 0.257 e. The lowest BCUT2D eigenvalue weighted by molar-refractivity contribution is 0.0575. The molecule has 2 aliphatic rings. The second-order valence-corrected chi connectivity index (χ2v) is 7.68. The minimum atomic E-state index is 0.153. The van der Waals surface area contributed by atoms with E-state index < -0.39 is 0 Å². The van der Waals surface area contributed by atoms with Crippen LogP contribution in [-0.4, -0.2) is 54.5 Å². The highest BCUT2D eigenvalue weighted by molar-refractivity contribution is 5.97. The average Bonchev–Trinajstić information content (AvgIpc) is 2.71. The van der Waals surface area contributed by atoms with Crippen molar-refractivity contribution in [3.63, 3.8) is 0 Å². The molecule has 2 fully saturated rings. The van der Waals surface area contributed by atoms with E-state index in [-0.39, 0.29) is 5.91 Å². The fraction of sp³-hybridized carbons (Fsp3) is 0.682. The summed E-state index contributed by atoms with van der Waals surface area (Å²) in [6.07, 6.45) is 9.57. The number of carbonyl (C=O) groups is 1. The molecular weight excluding hydrogens is 324 g/mol. The predicted octanol–water partition coefficient (Wildman–Crippen LogP) is 4.35. The molecule has 0 N–H and O–H groups in total. The molecule has 0 unspecified atom stereocenters. The summed E-state index contributed by atoms with van der Waals surface area (Å²) in [6, 6.07) is 8.11. The molecular formula is C22H34N2O2. The number of piperidine rings is 2. The van der Waals surface area contributed by atoms with Gasteiger partial charge in [-0.3, -0.25) is 4.79 Å². The highest BCUT2D eigenvalue weighted by Crippen LogP contribution is 2.26. The van der Waals surface area contributed by atoms with Gasteiger partial charge in [-0.1, -0.05) is 25.5 Å². The third kappa shape index (κ3) is 5.00. The summed E-state index contributed by atoms with van der Waals surface area (Å²) in [6.45, 7) is 7.21. The van der Waals surface area contributed by atoms with Gasteiger partial charge in [-0.15, -0.1) is 0 Å². The second-order valence-electron chi connectivity index (χ2n) is 7.68. The van der Waals surface area contributed by atoms with Crippen LogP contribution in [0.25, 0.3) is 0 Å². The Balaban J connectivity index is 1.65. The lowest BCUT2D eigenvalue weighted by Gasteiger charge is -2.38. The first kappa shape index (κ1) is 19.2. The van der Waals surface area contributed by atoms with Crippen molar-refractivity contribution >= 4 is 5.91 Å². The number of nitrogens with zero attached hydrogens (tertiary/aromatic N) is 2. The molecule has 2 saturated heterocycles. The van der Waals surface area contributed by atoms with Crippen molar-refractivity contribution in [2.75, 3.05) is 32.8 Å². The van der Waals surface area contributed by atoms with Crippen molar-refractivity contribution in [3.05, 3.63) is 29.8 Å². The van der Waals surface area contributed by atoms with Crippen LogP contribution in [0.5, 0.6) is 5.75 Å². The van der Waals surface area contributed by atoms with Gasteiger partial charge in [-0.25, -0.2) is 0 Å². The van der Waals surface area contributed by atoms with Gasteiger partial charge >= 0.3 is 0 Å². The van der Waals surface area contributed by atoms with Crippen molar-refractivity contribution in [1.82, 2.24) is 9.80 Å². The van der Waals surface area contributed by atoms with Gasteiger partial charge in [0.15, 0.2) is 0 Å². The first-order valence-corrected chi connectivity index (χ1v) is 10.5. The highest BCUT2D eigenvalue weighted by atomic mass is 16.5. The maximum absolute atomic E-state index is 13.3. The van der Waals surface area contributed by atoms with E-state index in [1.165, 1.54) is 38.8 Å². The molecule has 0 aliphatic carbocycles. The first-order chi connectivity index (χ1) is 12.8. The van der Waals surface area contributed by atoms with E-state index in [0.29, 0.717) is 12.6 Å². The fourth-order valence-corrected chi connectivity index (χ4v) is 4.22. The number of ether oxygens (including phenoxy) is 1. The summed E-state index contributed by atoms with van der Waals surface area (Å²) in [5.74, 6) is 0.889. The SMILES string of the molecule is CCCOc1ccccc1C(=O)N1CCCC[C@H]1CCN1CCCCC1. The molecule has 1 aromatic rings. The van der Waals surface area contributed by atoms with Gasteiger partial charge < -0.3 is 14.5 Å². The van der Waals surface area contributed by atoms with Crippen LogP contribution in [0.2, 0.25) is 0 Å². The van der Waals surface area contributed by atoms with Crippen LogP contribution in [0.1, 0.15) is 68.6 Å². The molecule has 3 rings (SSSR count). The molecule has 4 nitrogen and oxygen atoms in total. The molecule has 2 heterocycles. The minimum Gasteiger partial charge on any atom is -0.493 e. The van der Waals surface area contributed by atoms with Crippen LogP contribution >= 0.6 is 0 Å². The summed E-state index contributed by atoms with van der Waals surface area (Å²) < 4.78 is 5.83. The van der Waals surface area contributed by atoms with E-state index in [9.17, 15) is 4.79 Å². The largest absolute Gasteiger partial charge is 0.493 e. The molecule has 1 amide bonds. The van der Waals surface area contributed by atoms with Crippen molar-refractivity contribution in [3.8, 4) is 5.75 Å². The van der Waals surface area contributed by atoms with Crippen LogP contribution in [0, 0.1) is 0 Å². The topological polar surface area (TPSA) is 32.8 Å². The molecule has 0 aromatic heterocycles. The molecule has 4 heteroatoms. The van der Waals surface area contributed by atoms with Crippen LogP contribution in [0.4, 0.5) is 0 Å². The summed E-state index contributed by atoms with van der Waals surface area (Å²) in [7, 11) is 0. The molecule has 1 aromatic carbocycles. The molecule has 144 valence electrons. The molecule has 2 aliphatic heterocycles. The summed E-state index contributed by atoms with van der Waals surface area (Å²) >= 11 is 0. The van der Waals surface area contributed by atoms with Crippen LogP contribution in [0.3, 0.4) is 0 Å². The molecule has 0 radical (unpaired) electrons. The molecule has 26 heavy (non-hydrogen) atoms. The van der Waals surface area contributed by atoms with Gasteiger partial charge in [-0.05, 0) is 70.2 Å². The smallest absolute Gasteiger partial charge is 0.257 e. The van der Waals surface area contributed by atoms with Crippen LogP contribution < -0.4 is 4.74 Å². The predicted molar refractivity (Wildman–Crippen MR) is 106 cm³/mol. The van der Waals surface area contributed by atoms with Gasteiger partial charge in [-0.2, -0.15) is 0 Å². The average molecular weight is 359 g/mol. The third-order valence-electron chi connectivity index (χ3n) is 5.69. The Kier molecular flexibility index (Phi) is 7.36. The highest BCUT2D eigenvalue weighted by Gasteiger charge is 2.29. The van der Waals surface area contributed by atoms with Gasteiger partial charge in [0.25, 0.3) is 5.91 Å². The van der Waals surface area contributed by atoms with E-state index in [2.05, 4.69) is 16.7 Å². The van der Waals surface area contributed by atoms with Gasteiger partial charge in [0.1, 0.15) is 5.75 Å². The zero-order valence-electron chi connectivity index (χ0n) is 16.3. The summed E-state index contributed by atoms with van der Waals surface area (Å²) in [5, 5.41) is 0. The van der Waals surface area contributed by atoms with E-state index in [0.717, 1.165) is 50.1 Å². The van der Waals surface area contributed by atoms with E-state index in [4.69, 9.17) is 4.74 Å². The number of amides is 1. The number of benzene rings is 1. The second kappa shape index (κ2) is 9.96. The molecule has 1 atom stereocenters. The lowest BCUT2D eigenvalue weighted by Crippen LogP contribution is -2.45. The Labute approximate surface area is 158 Å². The van der Waals surface area contributed by atoms with E-state index in [1.807, 2.05) is 24.3 Å². The van der Waals surface area contributed by atoms with Crippen molar-refractivity contribution in [1.29, 1.82) is 0 Å². The Morgan fingerprint density at radius 3 is 2.65 bits per heavy atom. The Morgan fingerprint density at radius 2 is 1.85 bits per heavy atom. The number of likely N-dealkylation sites (tertiary alicyclic amines) is 2. The fourth-order valence-electron chi connectivity index (χ4n) is 4.22. The Bertz CT molecular complexity index is 569. The molecule has 0 saturated carbocycles. The van der Waals surface area contributed by atoms with Gasteiger partial charge in [0.05, 0.1) is 12.2 Å². The Hall–Kier alpha value is -1.55. The number of hydrogen-bond acceptors (Lipinski definition) is 3. The minimum absolute atomic E-state index is 0.153. The number of para-hydroxylation sites is 1. The number of carbonyl (C=O) groups excluding carboxylic acids is 1. The first-order valence-electron chi connectivity index (χ1n) is 10.5. The van der Waals surface area contributed by atoms with E-state index in [1.54, 1.807) is 0 Å². The Morgan fingerprint density at radius 1 is 1.08 bits per heavy atom. The quantitative estimate of drug-likeness (QED) is 0.726. The number of hydrogen-bond donors (Lipinski definition) is 0. The van der Waals surface area contributed by atoms with E-state index >= 15 is 0 Å². The molecule has 0 bridgehead atoms. The number of rotatable bonds is 7. The standard InChI is InChI=1S/C22H34N2O2/c1-2-18-26-21-12-5-4-11-20(21)22(25)24-16-9-6-10-19(24)13-17-23-14-7-3-8-15-23/h4-5,11-12,19H,2-3,6-10,13-18H2,1H3/t19-/m0/s1. The van der Waals surface area contributed by atoms with Gasteiger partial charge in [0, 0.05) is 19.1 Å². The third-order valence-corrected chi connectivity index (χ3v) is 5.69. The normalized spacial score (nSPS) is 21.6. The zero-order chi connectivity index (χ0) is 18.2. The van der Waals surface area contributed by atoms with Crippen LogP contribution in [-0.2, 0) is 0 Å².